The lowest BCUT2D eigenvalue weighted by atomic mass is 10.2. The van der Waals surface area contributed by atoms with E-state index in [1.165, 1.54) is 11.8 Å². The Morgan fingerprint density at radius 2 is 1.90 bits per heavy atom. The molecule has 4 rings (SSSR count). The number of nitrogens with zero attached hydrogens (tertiary/aromatic N) is 4. The van der Waals surface area contributed by atoms with Crippen molar-refractivity contribution in [1.82, 2.24) is 19.7 Å². The molecule has 29 heavy (non-hydrogen) atoms. The van der Waals surface area contributed by atoms with Gasteiger partial charge in [-0.25, -0.2) is 0 Å². The molecule has 1 saturated heterocycles. The van der Waals surface area contributed by atoms with Crippen LogP contribution in [0.1, 0.15) is 30.1 Å². The topological polar surface area (TPSA) is 86.6 Å². The van der Waals surface area contributed by atoms with Gasteiger partial charge in [-0.1, -0.05) is 42.1 Å². The summed E-state index contributed by atoms with van der Waals surface area (Å²) in [5, 5.41) is 9.35. The first kappa shape index (κ1) is 19.9. The first-order valence-corrected chi connectivity index (χ1v) is 10.8. The molecule has 8 nitrogen and oxygen atoms in total. The minimum atomic E-state index is -0.432. The smallest absolute Gasteiger partial charge is 0.316 e. The van der Waals surface area contributed by atoms with Crippen LogP contribution in [0.5, 0.6) is 0 Å². The second-order valence-electron chi connectivity index (χ2n) is 7.13. The number of aromatic nitrogens is 3. The molecule has 1 aliphatic carbocycles. The van der Waals surface area contributed by atoms with Crippen molar-refractivity contribution in [3.8, 4) is 0 Å². The molecule has 0 atom stereocenters. The van der Waals surface area contributed by atoms with E-state index in [9.17, 15) is 9.59 Å². The van der Waals surface area contributed by atoms with Gasteiger partial charge in [-0.3, -0.25) is 9.59 Å². The monoisotopic (exact) mass is 416 g/mol. The Kier molecular flexibility index (Phi) is 6.46. The molecular weight excluding hydrogens is 392 g/mol. The van der Waals surface area contributed by atoms with Crippen LogP contribution in [0, 0.1) is 0 Å². The highest BCUT2D eigenvalue weighted by molar-refractivity contribution is 7.99. The van der Waals surface area contributed by atoms with E-state index in [1.807, 2.05) is 18.2 Å². The number of thioether (sulfide) groups is 1. The summed E-state index contributed by atoms with van der Waals surface area (Å²) in [4.78, 5) is 25.9. The van der Waals surface area contributed by atoms with E-state index in [2.05, 4.69) is 26.9 Å². The Hall–Kier alpha value is -2.39. The van der Waals surface area contributed by atoms with Gasteiger partial charge < -0.3 is 18.9 Å². The van der Waals surface area contributed by atoms with Gasteiger partial charge in [0.15, 0.2) is 11.8 Å². The van der Waals surface area contributed by atoms with E-state index >= 15 is 0 Å². The van der Waals surface area contributed by atoms with Crippen molar-refractivity contribution in [3.05, 3.63) is 41.7 Å². The van der Waals surface area contributed by atoms with Crippen molar-refractivity contribution in [3.63, 3.8) is 0 Å². The molecule has 9 heteroatoms. The quantitative estimate of drug-likeness (QED) is 0.478. The zero-order chi connectivity index (χ0) is 20.1. The highest BCUT2D eigenvalue weighted by Crippen LogP contribution is 2.40. The summed E-state index contributed by atoms with van der Waals surface area (Å²) in [6, 6.07) is 10.1. The average molecular weight is 417 g/mol. The molecular formula is C20H24N4O4S. The summed E-state index contributed by atoms with van der Waals surface area (Å²) in [7, 11) is 0. The van der Waals surface area contributed by atoms with E-state index in [0.717, 1.165) is 24.2 Å². The molecule has 2 aliphatic rings. The van der Waals surface area contributed by atoms with E-state index in [4.69, 9.17) is 9.47 Å². The second kappa shape index (κ2) is 9.41. The first-order valence-electron chi connectivity index (χ1n) is 9.81. The summed E-state index contributed by atoms with van der Waals surface area (Å²) in [5.74, 6) is 0.910. The van der Waals surface area contributed by atoms with Crippen molar-refractivity contribution in [2.75, 3.05) is 38.7 Å². The maximum absolute atomic E-state index is 12.1. The molecule has 2 aromatic rings. The fraction of sp³-hybridized carbons (Fsp3) is 0.500. The van der Waals surface area contributed by atoms with E-state index in [-0.39, 0.29) is 18.3 Å². The maximum Gasteiger partial charge on any atom is 0.316 e. The van der Waals surface area contributed by atoms with Gasteiger partial charge in [0, 0.05) is 19.0 Å². The molecule has 0 unspecified atom stereocenters. The summed E-state index contributed by atoms with van der Waals surface area (Å²) < 4.78 is 12.5. The maximum atomic E-state index is 12.1. The SMILES string of the molecule is O=C(CSc1nnc(C2CC2)n1Cc1ccccc1)OCC(=O)N1CCOCC1. The van der Waals surface area contributed by atoms with Gasteiger partial charge >= 0.3 is 5.97 Å². The first-order chi connectivity index (χ1) is 14.2. The van der Waals surface area contributed by atoms with Crippen LogP contribution in [-0.4, -0.2) is 70.2 Å². The number of morpholine rings is 1. The molecule has 0 radical (unpaired) electrons. The number of carbonyl (C=O) groups is 2. The van der Waals surface area contributed by atoms with E-state index < -0.39 is 5.97 Å². The highest BCUT2D eigenvalue weighted by atomic mass is 32.2. The van der Waals surface area contributed by atoms with Crippen LogP contribution in [0.15, 0.2) is 35.5 Å². The predicted molar refractivity (Wildman–Crippen MR) is 107 cm³/mol. The molecule has 1 amide bonds. The fourth-order valence-electron chi connectivity index (χ4n) is 3.18. The number of esters is 1. The normalized spacial score (nSPS) is 16.6. The summed E-state index contributed by atoms with van der Waals surface area (Å²) in [6.07, 6.45) is 2.26. The molecule has 154 valence electrons. The van der Waals surface area contributed by atoms with Gasteiger partial charge in [0.2, 0.25) is 0 Å². The van der Waals surface area contributed by atoms with Gasteiger partial charge in [0.25, 0.3) is 5.91 Å². The van der Waals surface area contributed by atoms with Gasteiger partial charge in [0.05, 0.1) is 25.5 Å². The van der Waals surface area contributed by atoms with Gasteiger partial charge in [-0.05, 0) is 18.4 Å². The number of ether oxygens (including phenoxy) is 2. The summed E-state index contributed by atoms with van der Waals surface area (Å²) in [5.41, 5.74) is 1.16. The summed E-state index contributed by atoms with van der Waals surface area (Å²) in [6.45, 7) is 2.57. The largest absolute Gasteiger partial charge is 0.455 e. The van der Waals surface area contributed by atoms with Gasteiger partial charge in [-0.15, -0.1) is 10.2 Å². The Morgan fingerprint density at radius 3 is 2.62 bits per heavy atom. The molecule has 0 N–H and O–H groups in total. The molecule has 1 aromatic heterocycles. The molecule has 2 heterocycles. The second-order valence-corrected chi connectivity index (χ2v) is 8.07. The Morgan fingerprint density at radius 1 is 1.14 bits per heavy atom. The van der Waals surface area contributed by atoms with Crippen LogP contribution in [0.4, 0.5) is 0 Å². The molecule has 1 aromatic carbocycles. The number of amides is 1. The molecule has 1 saturated carbocycles. The lowest BCUT2D eigenvalue weighted by molar-refractivity contribution is -0.151. The highest BCUT2D eigenvalue weighted by Gasteiger charge is 2.30. The Bertz CT molecular complexity index is 847. The Labute approximate surface area is 173 Å². The number of carbonyl (C=O) groups excluding carboxylic acids is 2. The molecule has 0 spiro atoms. The fourth-order valence-corrected chi connectivity index (χ4v) is 3.92. The zero-order valence-corrected chi connectivity index (χ0v) is 17.0. The van der Waals surface area contributed by atoms with Crippen LogP contribution in [0.25, 0.3) is 0 Å². The Balaban J connectivity index is 1.32. The standard InChI is InChI=1S/C20H24N4O4S/c25-17(23-8-10-27-11-9-23)13-28-18(26)14-29-20-22-21-19(16-6-7-16)24(20)12-15-4-2-1-3-5-15/h1-5,16H,6-14H2. The van der Waals surface area contributed by atoms with Crippen molar-refractivity contribution in [2.24, 2.45) is 0 Å². The average Bonchev–Trinajstić information content (AvgIpc) is 3.53. The van der Waals surface area contributed by atoms with Crippen LogP contribution in [0.2, 0.25) is 0 Å². The van der Waals surface area contributed by atoms with Gasteiger partial charge in [0.1, 0.15) is 5.82 Å². The van der Waals surface area contributed by atoms with Crippen LogP contribution in [0.3, 0.4) is 0 Å². The summed E-state index contributed by atoms with van der Waals surface area (Å²) >= 11 is 1.30. The lowest BCUT2D eigenvalue weighted by Gasteiger charge is -2.26. The third-order valence-corrected chi connectivity index (χ3v) is 5.85. The number of rotatable bonds is 8. The lowest BCUT2D eigenvalue weighted by Crippen LogP contribution is -2.42. The number of hydrogen-bond donors (Lipinski definition) is 0. The predicted octanol–water partition coefficient (Wildman–Crippen LogP) is 1.70. The van der Waals surface area contributed by atoms with E-state index in [0.29, 0.717) is 43.9 Å². The van der Waals surface area contributed by atoms with Crippen molar-refractivity contribution < 1.29 is 19.1 Å². The zero-order valence-electron chi connectivity index (χ0n) is 16.2. The van der Waals surface area contributed by atoms with Crippen LogP contribution in [-0.2, 0) is 25.6 Å². The third kappa shape index (κ3) is 5.36. The number of benzene rings is 1. The minimum Gasteiger partial charge on any atom is -0.455 e. The molecule has 1 aliphatic heterocycles. The molecule has 2 fully saturated rings. The van der Waals surface area contributed by atoms with Crippen molar-refractivity contribution >= 4 is 23.6 Å². The van der Waals surface area contributed by atoms with Crippen LogP contribution < -0.4 is 0 Å². The van der Waals surface area contributed by atoms with Crippen LogP contribution >= 0.6 is 11.8 Å². The third-order valence-electron chi connectivity index (χ3n) is 4.91. The van der Waals surface area contributed by atoms with Gasteiger partial charge in [-0.2, -0.15) is 0 Å². The minimum absolute atomic E-state index is 0.0913. The van der Waals surface area contributed by atoms with Crippen molar-refractivity contribution in [2.45, 2.75) is 30.5 Å². The van der Waals surface area contributed by atoms with E-state index in [1.54, 1.807) is 4.90 Å². The number of hydrogen-bond acceptors (Lipinski definition) is 7. The molecule has 0 bridgehead atoms. The van der Waals surface area contributed by atoms with Crippen molar-refractivity contribution in [1.29, 1.82) is 0 Å².